The van der Waals surface area contributed by atoms with E-state index in [0.29, 0.717) is 36.4 Å². The summed E-state index contributed by atoms with van der Waals surface area (Å²) in [6.45, 7) is 1.11. The Kier molecular flexibility index (Phi) is 9.85. The molecule has 1 aromatic heterocycles. The SMILES string of the molecule is N[C@H](C(=O)Nc1cncc(F)c1CC[C@H]1CN[C@@H]2CCCS(O)(O)N1C2)[C@@H](c1ccc(Cl)c(F)c1)C1CCCCC1. The molecule has 1 aromatic carbocycles. The number of nitrogens with two attached hydrogens (primary N) is 1. The molecular formula is C29H40ClF2N5O3S. The number of anilines is 1. The average molecular weight is 612 g/mol. The molecule has 1 unspecified atom stereocenters. The number of hydrogen-bond acceptors (Lipinski definition) is 7. The molecular weight excluding hydrogens is 572 g/mol. The highest BCUT2D eigenvalue weighted by molar-refractivity contribution is 8.22. The van der Waals surface area contributed by atoms with Gasteiger partial charge in [-0.1, -0.05) is 36.9 Å². The van der Waals surface area contributed by atoms with Crippen LogP contribution in [0, 0.1) is 17.6 Å². The lowest BCUT2D eigenvalue weighted by Crippen LogP contribution is -2.55. The molecule has 8 nitrogen and oxygen atoms in total. The minimum atomic E-state index is -2.88. The van der Waals surface area contributed by atoms with Gasteiger partial charge < -0.3 is 16.4 Å². The molecule has 5 rings (SSSR count). The van der Waals surface area contributed by atoms with E-state index in [-0.39, 0.29) is 35.1 Å². The summed E-state index contributed by atoms with van der Waals surface area (Å²) in [6, 6.07) is 3.59. The Morgan fingerprint density at radius 1 is 1.17 bits per heavy atom. The van der Waals surface area contributed by atoms with Crippen molar-refractivity contribution in [2.45, 2.75) is 81.8 Å². The van der Waals surface area contributed by atoms with Crippen molar-refractivity contribution in [3.63, 3.8) is 0 Å². The van der Waals surface area contributed by atoms with Gasteiger partial charge in [0.15, 0.2) is 0 Å². The van der Waals surface area contributed by atoms with Gasteiger partial charge in [0.05, 0.1) is 34.9 Å². The van der Waals surface area contributed by atoms with Crippen molar-refractivity contribution in [3.05, 3.63) is 58.4 Å². The van der Waals surface area contributed by atoms with Crippen LogP contribution in [0.15, 0.2) is 30.6 Å². The molecule has 0 radical (unpaired) electrons. The summed E-state index contributed by atoms with van der Waals surface area (Å²) >= 11 is 5.93. The van der Waals surface area contributed by atoms with Crippen molar-refractivity contribution in [3.8, 4) is 0 Å². The number of fused-ring (bicyclic) bond motifs is 2. The number of piperazine rings is 1. The Morgan fingerprint density at radius 2 is 1.95 bits per heavy atom. The summed E-state index contributed by atoms with van der Waals surface area (Å²) < 4.78 is 52.8. The van der Waals surface area contributed by atoms with Crippen LogP contribution < -0.4 is 16.4 Å². The summed E-state index contributed by atoms with van der Waals surface area (Å²) in [5.74, 6) is -1.59. The number of carbonyl (C=O) groups is 1. The predicted molar refractivity (Wildman–Crippen MR) is 159 cm³/mol. The van der Waals surface area contributed by atoms with Crippen molar-refractivity contribution >= 4 is 34.0 Å². The standard InChI is InChI=1S/C29H40ClF2N5O3S/c30-23-11-8-19(13-24(23)31)27(18-5-2-1-3-6-18)28(33)29(38)36-26-16-34-15-25(32)22(26)10-9-21-14-35-20-7-4-12-41(39,40)37(21)17-20/h8,11,13,15-16,18,20-21,27-28,35,39-40H,1-7,9-10,12,14,17,33H2,(H,36,38)/t20-,21+,27-,28+/m1/s1. The third-order valence-electron chi connectivity index (χ3n) is 8.96. The number of nitrogens with zero attached hydrogens (tertiary/aromatic N) is 2. The van der Waals surface area contributed by atoms with Crippen LogP contribution in [-0.2, 0) is 11.2 Å². The molecule has 3 heterocycles. The largest absolute Gasteiger partial charge is 0.323 e. The number of halogens is 3. The number of benzene rings is 1. The summed E-state index contributed by atoms with van der Waals surface area (Å²) in [7, 11) is -2.88. The molecule has 0 spiro atoms. The van der Waals surface area contributed by atoms with Crippen LogP contribution in [0.25, 0.3) is 0 Å². The van der Waals surface area contributed by atoms with E-state index in [0.717, 1.165) is 51.1 Å². The number of pyridine rings is 1. The number of rotatable bonds is 8. The first-order chi connectivity index (χ1) is 19.6. The quantitative estimate of drug-likeness (QED) is 0.260. The van der Waals surface area contributed by atoms with E-state index in [1.807, 2.05) is 0 Å². The van der Waals surface area contributed by atoms with Crippen LogP contribution in [0.2, 0.25) is 5.02 Å². The zero-order valence-corrected chi connectivity index (χ0v) is 24.6. The molecule has 41 heavy (non-hydrogen) atoms. The zero-order valence-electron chi connectivity index (χ0n) is 23.1. The minimum absolute atomic E-state index is 0.00902. The predicted octanol–water partition coefficient (Wildman–Crippen LogP) is 5.68. The van der Waals surface area contributed by atoms with Gasteiger partial charge in [-0.3, -0.25) is 18.9 Å². The van der Waals surface area contributed by atoms with Gasteiger partial charge in [-0.25, -0.2) is 13.1 Å². The lowest BCUT2D eigenvalue weighted by atomic mass is 9.73. The molecule has 6 N–H and O–H groups in total. The number of nitrogens with one attached hydrogen (secondary N) is 2. The van der Waals surface area contributed by atoms with Gasteiger partial charge in [-0.15, -0.1) is 10.8 Å². The highest BCUT2D eigenvalue weighted by atomic mass is 35.5. The molecule has 1 aliphatic carbocycles. The molecule has 2 bridgehead atoms. The summed E-state index contributed by atoms with van der Waals surface area (Å²) in [5.41, 5.74) is 7.74. The molecule has 3 aliphatic rings. The monoisotopic (exact) mass is 611 g/mol. The van der Waals surface area contributed by atoms with Crippen LogP contribution in [0.4, 0.5) is 14.5 Å². The highest BCUT2D eigenvalue weighted by Gasteiger charge is 2.38. The Morgan fingerprint density at radius 3 is 2.71 bits per heavy atom. The van der Waals surface area contributed by atoms with Crippen LogP contribution in [0.5, 0.6) is 0 Å². The maximum Gasteiger partial charge on any atom is 0.241 e. The van der Waals surface area contributed by atoms with E-state index in [1.54, 1.807) is 10.4 Å². The lowest BCUT2D eigenvalue weighted by Gasteiger charge is -2.49. The van der Waals surface area contributed by atoms with E-state index < -0.39 is 40.3 Å². The molecule has 1 saturated carbocycles. The van der Waals surface area contributed by atoms with Crippen LogP contribution in [0.3, 0.4) is 0 Å². The smallest absolute Gasteiger partial charge is 0.241 e. The molecule has 226 valence electrons. The number of aromatic nitrogens is 1. The maximum absolute atomic E-state index is 15.1. The second-order valence-corrected chi connectivity index (χ2v) is 14.2. The fourth-order valence-electron chi connectivity index (χ4n) is 6.77. The minimum Gasteiger partial charge on any atom is -0.323 e. The molecule has 2 aromatic rings. The molecule has 2 saturated heterocycles. The topological polar surface area (TPSA) is 124 Å². The zero-order chi connectivity index (χ0) is 29.1. The van der Waals surface area contributed by atoms with E-state index >= 15 is 4.39 Å². The van der Waals surface area contributed by atoms with Gasteiger partial charge in [0, 0.05) is 36.7 Å². The van der Waals surface area contributed by atoms with Crippen molar-refractivity contribution in [1.29, 1.82) is 0 Å². The van der Waals surface area contributed by atoms with Crippen molar-refractivity contribution < 1.29 is 22.7 Å². The third kappa shape index (κ3) is 7.04. The molecule has 2 aliphatic heterocycles. The Bertz CT molecular complexity index is 1230. The van der Waals surface area contributed by atoms with Gasteiger partial charge in [0.25, 0.3) is 0 Å². The van der Waals surface area contributed by atoms with Gasteiger partial charge in [-0.2, -0.15) is 0 Å². The van der Waals surface area contributed by atoms with Crippen molar-refractivity contribution in [1.82, 2.24) is 14.6 Å². The highest BCUT2D eigenvalue weighted by Crippen LogP contribution is 2.49. The molecule has 5 atom stereocenters. The second kappa shape index (κ2) is 13.2. The molecule has 3 fully saturated rings. The first-order valence-electron chi connectivity index (χ1n) is 14.5. The first-order valence-corrected chi connectivity index (χ1v) is 16.6. The van der Waals surface area contributed by atoms with Gasteiger partial charge in [-0.05, 0) is 62.1 Å². The summed E-state index contributed by atoms with van der Waals surface area (Å²) in [4.78, 5) is 17.5. The van der Waals surface area contributed by atoms with Gasteiger partial charge in [0.1, 0.15) is 11.6 Å². The van der Waals surface area contributed by atoms with Gasteiger partial charge in [0.2, 0.25) is 5.91 Å². The van der Waals surface area contributed by atoms with Crippen molar-refractivity contribution in [2.75, 3.05) is 24.2 Å². The van der Waals surface area contributed by atoms with E-state index in [9.17, 15) is 18.3 Å². The van der Waals surface area contributed by atoms with Gasteiger partial charge >= 0.3 is 0 Å². The summed E-state index contributed by atoms with van der Waals surface area (Å²) in [5, 5.41) is 6.30. The number of amides is 1. The van der Waals surface area contributed by atoms with Crippen molar-refractivity contribution in [2.24, 2.45) is 11.7 Å². The Hall–Kier alpha value is -1.86. The normalized spacial score (nSPS) is 26.9. The molecule has 12 heteroatoms. The lowest BCUT2D eigenvalue weighted by molar-refractivity contribution is -0.118. The number of carbonyl (C=O) groups excluding carboxylic acids is 1. The Balaban J connectivity index is 1.33. The Labute approximate surface area is 246 Å². The fourth-order valence-corrected chi connectivity index (χ4v) is 8.75. The second-order valence-electron chi connectivity index (χ2n) is 11.6. The van der Waals surface area contributed by atoms with Crippen LogP contribution in [0.1, 0.15) is 68.4 Å². The van der Waals surface area contributed by atoms with E-state index in [2.05, 4.69) is 15.6 Å². The van der Waals surface area contributed by atoms with Crippen LogP contribution in [-0.4, -0.2) is 61.3 Å². The fraction of sp³-hybridized carbons (Fsp3) is 0.586. The van der Waals surface area contributed by atoms with Crippen LogP contribution >= 0.6 is 22.4 Å². The molecule has 1 amide bonds. The average Bonchev–Trinajstić information content (AvgIpc) is 3.07. The maximum atomic E-state index is 15.1. The van der Waals surface area contributed by atoms with E-state index in [1.165, 1.54) is 18.3 Å². The first kappa shape index (κ1) is 30.6. The summed E-state index contributed by atoms with van der Waals surface area (Å²) in [6.07, 6.45) is 9.78. The van der Waals surface area contributed by atoms with E-state index in [4.69, 9.17) is 17.3 Å². The number of hydrogen-bond donors (Lipinski definition) is 5. The third-order valence-corrected chi connectivity index (χ3v) is 11.3.